The normalized spacial score (nSPS) is 13.6. The molecular weight excluding hydrogens is 212 g/mol. The summed E-state index contributed by atoms with van der Waals surface area (Å²) >= 11 is 0. The van der Waals surface area contributed by atoms with Gasteiger partial charge in [-0.1, -0.05) is 41.5 Å². The van der Waals surface area contributed by atoms with Crippen molar-refractivity contribution in [1.29, 1.82) is 0 Å². The first-order chi connectivity index (χ1) is 7.58. The van der Waals surface area contributed by atoms with Crippen molar-refractivity contribution in [3.05, 3.63) is 17.9 Å². The monoisotopic (exact) mass is 238 g/mol. The Bertz CT molecular complexity index is 307. The third-order valence-corrected chi connectivity index (χ3v) is 2.25. The number of hydrogen-bond acceptors (Lipinski definition) is 2. The molecule has 2 nitrogen and oxygen atoms in total. The molecule has 2 heteroatoms. The molecule has 0 aromatic carbocycles. The van der Waals surface area contributed by atoms with Gasteiger partial charge in [-0.05, 0) is 29.9 Å². The number of ether oxygens (including phenoxy) is 1. The van der Waals surface area contributed by atoms with Crippen molar-refractivity contribution in [1.82, 2.24) is 0 Å². The molecule has 0 saturated carbocycles. The van der Waals surface area contributed by atoms with E-state index < -0.39 is 0 Å². The highest BCUT2D eigenvalue weighted by atomic mass is 16.5. The molecule has 1 atom stereocenters. The lowest BCUT2D eigenvalue weighted by Crippen LogP contribution is -2.28. The van der Waals surface area contributed by atoms with Crippen LogP contribution in [0, 0.1) is 16.7 Å². The Morgan fingerprint density at radius 1 is 1.24 bits per heavy atom. The Morgan fingerprint density at radius 3 is 2.12 bits per heavy atom. The molecule has 0 radical (unpaired) electrons. The summed E-state index contributed by atoms with van der Waals surface area (Å²) in [5.74, 6) is -0.421. The molecule has 0 fully saturated rings. The largest absolute Gasteiger partial charge is 0.466 e. The van der Waals surface area contributed by atoms with Crippen LogP contribution in [0.1, 0.15) is 48.5 Å². The maximum absolute atomic E-state index is 11.8. The quantitative estimate of drug-likeness (QED) is 0.549. The van der Waals surface area contributed by atoms with Gasteiger partial charge in [0.25, 0.3) is 0 Å². The summed E-state index contributed by atoms with van der Waals surface area (Å²) in [6.45, 7) is 14.6. The molecular formula is C15H26O2. The van der Waals surface area contributed by atoms with E-state index in [4.69, 9.17) is 4.74 Å². The summed E-state index contributed by atoms with van der Waals surface area (Å²) in [7, 11) is 0. The number of carbonyl (C=O) groups is 1. The molecule has 0 aromatic rings. The molecule has 0 bridgehead atoms. The Hall–Kier alpha value is -1.01. The molecule has 98 valence electrons. The number of carbonyl (C=O) groups excluding carboxylic acids is 1. The van der Waals surface area contributed by atoms with Crippen molar-refractivity contribution < 1.29 is 9.53 Å². The van der Waals surface area contributed by atoms with Crippen LogP contribution in [0.5, 0.6) is 0 Å². The highest BCUT2D eigenvalue weighted by molar-refractivity contribution is 5.75. The molecule has 0 spiro atoms. The average Bonchev–Trinajstić information content (AvgIpc) is 2.08. The van der Waals surface area contributed by atoms with Gasteiger partial charge in [0, 0.05) is 0 Å². The number of esters is 1. The standard InChI is InChI=1S/C15H26O2/c1-8-17-13(16)12(15(5,6)7)10-9-11-14(2,3)4/h10-12H,8H2,1-7H3. The Morgan fingerprint density at radius 2 is 1.76 bits per heavy atom. The van der Waals surface area contributed by atoms with Crippen LogP contribution in [0.4, 0.5) is 0 Å². The van der Waals surface area contributed by atoms with Crippen LogP contribution in [-0.2, 0) is 9.53 Å². The fraction of sp³-hybridized carbons (Fsp3) is 0.733. The van der Waals surface area contributed by atoms with Crippen molar-refractivity contribution in [3.8, 4) is 0 Å². The summed E-state index contributed by atoms with van der Waals surface area (Å²) in [5.41, 5.74) is 3.05. The van der Waals surface area contributed by atoms with E-state index in [2.05, 4.69) is 26.5 Å². The van der Waals surface area contributed by atoms with E-state index in [-0.39, 0.29) is 22.7 Å². The maximum Gasteiger partial charge on any atom is 0.313 e. The summed E-state index contributed by atoms with van der Waals surface area (Å²) in [4.78, 5) is 11.8. The third-order valence-electron chi connectivity index (χ3n) is 2.25. The molecule has 0 aliphatic heterocycles. The van der Waals surface area contributed by atoms with E-state index >= 15 is 0 Å². The smallest absolute Gasteiger partial charge is 0.313 e. The van der Waals surface area contributed by atoms with Gasteiger partial charge >= 0.3 is 5.97 Å². The van der Waals surface area contributed by atoms with Gasteiger partial charge < -0.3 is 4.74 Å². The topological polar surface area (TPSA) is 26.3 Å². The van der Waals surface area contributed by atoms with Gasteiger partial charge in [0.2, 0.25) is 0 Å². The van der Waals surface area contributed by atoms with Gasteiger partial charge in [-0.25, -0.2) is 0 Å². The summed E-state index contributed by atoms with van der Waals surface area (Å²) in [5, 5.41) is 0. The first-order valence-corrected chi connectivity index (χ1v) is 6.18. The first-order valence-electron chi connectivity index (χ1n) is 6.18. The molecule has 17 heavy (non-hydrogen) atoms. The molecule has 0 aliphatic rings. The molecule has 0 aliphatic carbocycles. The van der Waals surface area contributed by atoms with Crippen LogP contribution in [0.15, 0.2) is 17.9 Å². The Labute approximate surface area is 106 Å². The van der Waals surface area contributed by atoms with Crippen LogP contribution in [0.2, 0.25) is 0 Å². The van der Waals surface area contributed by atoms with Gasteiger partial charge in [-0.3, -0.25) is 4.79 Å². The molecule has 1 unspecified atom stereocenters. The van der Waals surface area contributed by atoms with E-state index in [1.54, 1.807) is 0 Å². The molecule has 0 aromatic heterocycles. The van der Waals surface area contributed by atoms with Gasteiger partial charge in [0.1, 0.15) is 0 Å². The first kappa shape index (κ1) is 16.0. The number of rotatable bonds is 3. The van der Waals surface area contributed by atoms with Crippen molar-refractivity contribution in [2.75, 3.05) is 6.61 Å². The van der Waals surface area contributed by atoms with Crippen LogP contribution < -0.4 is 0 Å². The average molecular weight is 238 g/mol. The predicted octanol–water partition coefficient (Wildman–Crippen LogP) is 3.97. The maximum atomic E-state index is 11.8. The molecule has 0 heterocycles. The summed E-state index contributed by atoms with van der Waals surface area (Å²) in [6.07, 6.45) is 3.80. The molecule has 0 amide bonds. The van der Waals surface area contributed by atoms with Crippen LogP contribution in [-0.4, -0.2) is 12.6 Å². The molecule has 0 saturated heterocycles. The Balaban J connectivity index is 4.98. The van der Waals surface area contributed by atoms with Crippen LogP contribution in [0.25, 0.3) is 0 Å². The zero-order valence-electron chi connectivity index (χ0n) is 12.3. The van der Waals surface area contributed by atoms with E-state index in [1.807, 2.05) is 39.8 Å². The second-order valence-corrected chi connectivity index (χ2v) is 6.44. The van der Waals surface area contributed by atoms with Crippen molar-refractivity contribution >= 4 is 5.97 Å². The van der Waals surface area contributed by atoms with Gasteiger partial charge in [-0.2, -0.15) is 0 Å². The lowest BCUT2D eigenvalue weighted by molar-refractivity contribution is -0.149. The fourth-order valence-electron chi connectivity index (χ4n) is 1.30. The molecule has 0 N–H and O–H groups in total. The van der Waals surface area contributed by atoms with E-state index in [0.29, 0.717) is 6.61 Å². The zero-order valence-corrected chi connectivity index (χ0v) is 12.3. The third kappa shape index (κ3) is 7.01. The van der Waals surface area contributed by atoms with Gasteiger partial charge in [0.15, 0.2) is 0 Å². The zero-order chi connectivity index (χ0) is 13.7. The minimum Gasteiger partial charge on any atom is -0.466 e. The highest BCUT2D eigenvalue weighted by Gasteiger charge is 2.30. The second-order valence-electron chi connectivity index (χ2n) is 6.44. The number of hydrogen-bond donors (Lipinski definition) is 0. The van der Waals surface area contributed by atoms with Crippen molar-refractivity contribution in [2.24, 2.45) is 16.7 Å². The second kappa shape index (κ2) is 6.07. The van der Waals surface area contributed by atoms with Crippen molar-refractivity contribution in [3.63, 3.8) is 0 Å². The van der Waals surface area contributed by atoms with Crippen LogP contribution >= 0.6 is 0 Å². The van der Waals surface area contributed by atoms with E-state index in [0.717, 1.165) is 0 Å². The van der Waals surface area contributed by atoms with Crippen LogP contribution in [0.3, 0.4) is 0 Å². The lowest BCUT2D eigenvalue weighted by Gasteiger charge is -2.25. The van der Waals surface area contributed by atoms with E-state index in [1.165, 1.54) is 0 Å². The molecule has 0 rings (SSSR count). The SMILES string of the molecule is CCOC(=O)C(C=C=CC(C)(C)C)C(C)(C)C. The predicted molar refractivity (Wildman–Crippen MR) is 71.7 cm³/mol. The highest BCUT2D eigenvalue weighted by Crippen LogP contribution is 2.28. The lowest BCUT2D eigenvalue weighted by atomic mass is 9.80. The fourth-order valence-corrected chi connectivity index (χ4v) is 1.30. The summed E-state index contributed by atoms with van der Waals surface area (Å²) in [6, 6.07) is 0. The van der Waals surface area contributed by atoms with Gasteiger partial charge in [-0.15, -0.1) is 5.73 Å². The Kier molecular flexibility index (Phi) is 5.71. The minimum absolute atomic E-state index is 0.0770. The minimum atomic E-state index is -0.249. The summed E-state index contributed by atoms with van der Waals surface area (Å²) < 4.78 is 5.09. The van der Waals surface area contributed by atoms with Gasteiger partial charge in [0.05, 0.1) is 12.5 Å². The van der Waals surface area contributed by atoms with Crippen molar-refractivity contribution in [2.45, 2.75) is 48.5 Å². The van der Waals surface area contributed by atoms with E-state index in [9.17, 15) is 4.79 Å².